The lowest BCUT2D eigenvalue weighted by Crippen LogP contribution is -2.08. The number of ether oxygens (including phenoxy) is 1. The molecule has 2 aromatic rings. The maximum absolute atomic E-state index is 11.5. The summed E-state index contributed by atoms with van der Waals surface area (Å²) in [5.41, 5.74) is 2.39. The van der Waals surface area contributed by atoms with Crippen LogP contribution in [0.1, 0.15) is 50.5 Å². The first-order valence-corrected chi connectivity index (χ1v) is 8.21. The second-order valence-electron chi connectivity index (χ2n) is 6.71. The zero-order valence-corrected chi connectivity index (χ0v) is 15.1. The van der Waals surface area contributed by atoms with Crippen LogP contribution in [0.5, 0.6) is 0 Å². The van der Waals surface area contributed by atoms with Gasteiger partial charge in [-0.2, -0.15) is 0 Å². The van der Waals surface area contributed by atoms with E-state index in [9.17, 15) is 4.79 Å². The van der Waals surface area contributed by atoms with E-state index in [4.69, 9.17) is 4.74 Å². The second kappa shape index (κ2) is 8.22. The fraction of sp³-hybridized carbons (Fsp3) is 0.261. The van der Waals surface area contributed by atoms with E-state index in [1.165, 1.54) is 6.92 Å². The van der Waals surface area contributed by atoms with Gasteiger partial charge in [-0.25, -0.2) is 0 Å². The summed E-state index contributed by atoms with van der Waals surface area (Å²) in [5.74, 6) is 12.2. The highest BCUT2D eigenvalue weighted by Gasteiger charge is 2.15. The summed E-state index contributed by atoms with van der Waals surface area (Å²) in [7, 11) is 0. The Morgan fingerprint density at radius 3 is 2.24 bits per heavy atom. The highest BCUT2D eigenvalue weighted by atomic mass is 16.5. The van der Waals surface area contributed by atoms with Crippen LogP contribution in [0.15, 0.2) is 54.6 Å². The molecule has 0 heterocycles. The van der Waals surface area contributed by atoms with Gasteiger partial charge in [0.2, 0.25) is 0 Å². The molecule has 0 fully saturated rings. The SMILES string of the molecule is CC(=O)OC(C#Cc1ccccc1)c1ccccc1C#CC(C)(C)C. The van der Waals surface area contributed by atoms with E-state index in [-0.39, 0.29) is 11.4 Å². The van der Waals surface area contributed by atoms with Gasteiger partial charge in [-0.1, -0.05) is 54.2 Å². The van der Waals surface area contributed by atoms with Crippen LogP contribution in [-0.2, 0) is 9.53 Å². The predicted octanol–water partition coefficient (Wildman–Crippen LogP) is 4.74. The molecular formula is C23H22O2. The van der Waals surface area contributed by atoms with E-state index in [0.717, 1.165) is 16.7 Å². The van der Waals surface area contributed by atoms with Gasteiger partial charge in [0, 0.05) is 29.0 Å². The van der Waals surface area contributed by atoms with Gasteiger partial charge in [0.25, 0.3) is 0 Å². The molecule has 0 amide bonds. The third kappa shape index (κ3) is 6.21. The first-order valence-electron chi connectivity index (χ1n) is 8.21. The van der Waals surface area contributed by atoms with Crippen molar-refractivity contribution in [2.24, 2.45) is 5.41 Å². The molecule has 25 heavy (non-hydrogen) atoms. The molecule has 0 bridgehead atoms. The molecule has 2 heteroatoms. The zero-order chi connectivity index (χ0) is 18.3. The molecule has 0 aliphatic carbocycles. The molecule has 0 saturated carbocycles. The lowest BCUT2D eigenvalue weighted by atomic mass is 9.96. The number of carbonyl (C=O) groups is 1. The van der Waals surface area contributed by atoms with Crippen molar-refractivity contribution in [3.8, 4) is 23.7 Å². The van der Waals surface area contributed by atoms with Crippen LogP contribution in [0.2, 0.25) is 0 Å². The van der Waals surface area contributed by atoms with Crippen LogP contribution in [0, 0.1) is 29.1 Å². The Kier molecular flexibility index (Phi) is 6.04. The number of carbonyl (C=O) groups excluding carboxylic acids is 1. The Hall–Kier alpha value is -2.97. The number of esters is 1. The Morgan fingerprint density at radius 1 is 0.960 bits per heavy atom. The molecule has 2 nitrogen and oxygen atoms in total. The summed E-state index contributed by atoms with van der Waals surface area (Å²) in [6.45, 7) is 7.56. The van der Waals surface area contributed by atoms with Gasteiger partial charge >= 0.3 is 5.97 Å². The van der Waals surface area contributed by atoms with Gasteiger partial charge < -0.3 is 4.74 Å². The summed E-state index contributed by atoms with van der Waals surface area (Å²) < 4.78 is 5.45. The second-order valence-corrected chi connectivity index (χ2v) is 6.71. The Labute approximate surface area is 150 Å². The lowest BCUT2D eigenvalue weighted by molar-refractivity contribution is -0.144. The molecule has 2 rings (SSSR count). The van der Waals surface area contributed by atoms with Crippen LogP contribution in [0.4, 0.5) is 0 Å². The summed E-state index contributed by atoms with van der Waals surface area (Å²) in [5, 5.41) is 0. The Balaban J connectivity index is 2.43. The van der Waals surface area contributed by atoms with Crippen molar-refractivity contribution in [1.29, 1.82) is 0 Å². The van der Waals surface area contributed by atoms with Gasteiger partial charge in [-0.05, 0) is 44.9 Å². The van der Waals surface area contributed by atoms with Crippen LogP contribution in [0.25, 0.3) is 0 Å². The lowest BCUT2D eigenvalue weighted by Gasteiger charge is -2.14. The minimum absolute atomic E-state index is 0.111. The Bertz CT molecular complexity index is 850. The third-order valence-electron chi connectivity index (χ3n) is 3.22. The van der Waals surface area contributed by atoms with Crippen molar-refractivity contribution < 1.29 is 9.53 Å². The molecule has 0 radical (unpaired) electrons. The average Bonchev–Trinajstić information content (AvgIpc) is 2.57. The molecule has 0 aliphatic rings. The van der Waals surface area contributed by atoms with E-state index in [1.54, 1.807) is 0 Å². The molecule has 1 atom stereocenters. The minimum Gasteiger partial charge on any atom is -0.444 e. The van der Waals surface area contributed by atoms with Crippen molar-refractivity contribution >= 4 is 5.97 Å². The van der Waals surface area contributed by atoms with Crippen molar-refractivity contribution in [1.82, 2.24) is 0 Å². The molecule has 2 aromatic carbocycles. The maximum atomic E-state index is 11.5. The molecule has 0 saturated heterocycles. The van der Waals surface area contributed by atoms with Crippen molar-refractivity contribution in [2.45, 2.75) is 33.8 Å². The summed E-state index contributed by atoms with van der Waals surface area (Å²) in [6.07, 6.45) is -0.650. The maximum Gasteiger partial charge on any atom is 0.304 e. The summed E-state index contributed by atoms with van der Waals surface area (Å²) in [6, 6.07) is 17.3. The molecule has 0 spiro atoms. The van der Waals surface area contributed by atoms with Crippen LogP contribution in [0.3, 0.4) is 0 Å². The number of benzene rings is 2. The molecular weight excluding hydrogens is 308 g/mol. The zero-order valence-electron chi connectivity index (χ0n) is 15.1. The van der Waals surface area contributed by atoms with E-state index >= 15 is 0 Å². The van der Waals surface area contributed by atoms with Crippen molar-refractivity contribution in [3.63, 3.8) is 0 Å². The van der Waals surface area contributed by atoms with Gasteiger partial charge in [-0.15, -0.1) is 0 Å². The summed E-state index contributed by atoms with van der Waals surface area (Å²) >= 11 is 0. The number of rotatable bonds is 2. The van der Waals surface area contributed by atoms with E-state index in [1.807, 2.05) is 54.6 Å². The van der Waals surface area contributed by atoms with E-state index in [2.05, 4.69) is 44.5 Å². The first kappa shape index (κ1) is 18.4. The van der Waals surface area contributed by atoms with Gasteiger partial charge in [0.1, 0.15) is 0 Å². The third-order valence-corrected chi connectivity index (χ3v) is 3.22. The molecule has 0 N–H and O–H groups in total. The summed E-state index contributed by atoms with van der Waals surface area (Å²) in [4.78, 5) is 11.5. The number of hydrogen-bond acceptors (Lipinski definition) is 2. The fourth-order valence-corrected chi connectivity index (χ4v) is 2.10. The Morgan fingerprint density at radius 2 is 1.60 bits per heavy atom. The van der Waals surface area contributed by atoms with Gasteiger partial charge in [0.05, 0.1) is 0 Å². The standard InChI is InChI=1S/C23H22O2/c1-18(24)25-22(15-14-19-10-6-5-7-11-19)21-13-9-8-12-20(21)16-17-23(2,3)4/h5-13,22H,1-4H3. The van der Waals surface area contributed by atoms with Crippen molar-refractivity contribution in [2.75, 3.05) is 0 Å². The fourth-order valence-electron chi connectivity index (χ4n) is 2.10. The molecule has 1 unspecified atom stereocenters. The highest BCUT2D eigenvalue weighted by Crippen LogP contribution is 2.22. The van der Waals surface area contributed by atoms with Gasteiger partial charge in [0.15, 0.2) is 6.10 Å². The minimum atomic E-state index is -0.650. The smallest absolute Gasteiger partial charge is 0.304 e. The van der Waals surface area contributed by atoms with Crippen molar-refractivity contribution in [3.05, 3.63) is 71.3 Å². The first-order chi connectivity index (χ1) is 11.8. The topological polar surface area (TPSA) is 26.3 Å². The van der Waals surface area contributed by atoms with Crippen LogP contribution in [-0.4, -0.2) is 5.97 Å². The molecule has 0 aliphatic heterocycles. The van der Waals surface area contributed by atoms with Crippen LogP contribution < -0.4 is 0 Å². The highest BCUT2D eigenvalue weighted by molar-refractivity contribution is 5.67. The van der Waals surface area contributed by atoms with Crippen LogP contribution >= 0.6 is 0 Å². The van der Waals surface area contributed by atoms with E-state index < -0.39 is 6.10 Å². The normalized spacial score (nSPS) is 11.4. The predicted molar refractivity (Wildman–Crippen MR) is 101 cm³/mol. The van der Waals surface area contributed by atoms with Gasteiger partial charge in [-0.3, -0.25) is 4.79 Å². The monoisotopic (exact) mass is 330 g/mol. The van der Waals surface area contributed by atoms with E-state index in [0.29, 0.717) is 0 Å². The number of hydrogen-bond donors (Lipinski definition) is 0. The molecule has 0 aromatic heterocycles. The molecule has 126 valence electrons. The largest absolute Gasteiger partial charge is 0.444 e. The average molecular weight is 330 g/mol. The quantitative estimate of drug-likeness (QED) is 0.587.